The number of allylic oxidation sites excluding steroid dienone is 1. The highest BCUT2D eigenvalue weighted by atomic mass is 16.3. The molecule has 2 nitrogen and oxygen atoms in total. The SMILES string of the molecule is CC1(C)c2ccccc2-c2ccc(N(c3ccc(-c4ccccc4)cc3)c3ccc(-c4cccc5c4-c4ccccc4C54c5ccccc5-c5ccccc54)c4c5c(oc34)C=CCC5)cc21. The van der Waals surface area contributed by atoms with Crippen molar-refractivity contribution < 1.29 is 4.42 Å². The van der Waals surface area contributed by atoms with E-state index >= 15 is 0 Å². The van der Waals surface area contributed by atoms with Gasteiger partial charge in [0.05, 0.1) is 11.1 Å². The van der Waals surface area contributed by atoms with Crippen molar-refractivity contribution in [3.63, 3.8) is 0 Å². The fourth-order valence-corrected chi connectivity index (χ4v) is 12.5. The first-order chi connectivity index (χ1) is 32.5. The lowest BCUT2D eigenvalue weighted by molar-refractivity contribution is 0.596. The lowest BCUT2D eigenvalue weighted by Crippen LogP contribution is -2.25. The van der Waals surface area contributed by atoms with E-state index in [1.54, 1.807) is 0 Å². The molecule has 1 spiro atoms. The maximum Gasteiger partial charge on any atom is 0.159 e. The highest BCUT2D eigenvalue weighted by Gasteiger charge is 2.52. The highest BCUT2D eigenvalue weighted by molar-refractivity contribution is 6.10. The Hall–Kier alpha value is -7.94. The molecule has 0 amide bonds. The Labute approximate surface area is 385 Å². The minimum atomic E-state index is -0.420. The molecular weight excluding hydrogens is 799 g/mol. The second-order valence-electron chi connectivity index (χ2n) is 19.0. The van der Waals surface area contributed by atoms with Crippen LogP contribution in [-0.4, -0.2) is 0 Å². The molecule has 0 N–H and O–H groups in total. The minimum Gasteiger partial charge on any atom is -0.454 e. The van der Waals surface area contributed by atoms with Crippen molar-refractivity contribution in [3.05, 3.63) is 251 Å². The van der Waals surface area contributed by atoms with Crippen LogP contribution in [0.1, 0.15) is 65.0 Å². The maximum absolute atomic E-state index is 7.23. The van der Waals surface area contributed by atoms with E-state index in [0.29, 0.717) is 0 Å². The van der Waals surface area contributed by atoms with Crippen molar-refractivity contribution >= 4 is 34.1 Å². The zero-order valence-corrected chi connectivity index (χ0v) is 37.0. The molecule has 14 rings (SSSR count). The Bertz CT molecular complexity index is 3630. The number of furan rings is 1. The van der Waals surface area contributed by atoms with Crippen LogP contribution >= 0.6 is 0 Å². The monoisotopic (exact) mass is 843 g/mol. The van der Waals surface area contributed by atoms with Crippen molar-refractivity contribution in [3.8, 4) is 55.6 Å². The minimum absolute atomic E-state index is 0.153. The van der Waals surface area contributed by atoms with Gasteiger partial charge in [-0.1, -0.05) is 190 Å². The second kappa shape index (κ2) is 13.8. The number of fused-ring (bicyclic) bond motifs is 16. The van der Waals surface area contributed by atoms with Crippen molar-refractivity contribution in [2.24, 2.45) is 0 Å². The van der Waals surface area contributed by atoms with Crippen LogP contribution < -0.4 is 4.90 Å². The van der Waals surface area contributed by atoms with Gasteiger partial charge in [-0.3, -0.25) is 0 Å². The third kappa shape index (κ3) is 4.96. The molecule has 10 aromatic rings. The summed E-state index contributed by atoms with van der Waals surface area (Å²) >= 11 is 0. The van der Waals surface area contributed by atoms with Crippen LogP contribution in [0, 0.1) is 0 Å². The summed E-state index contributed by atoms with van der Waals surface area (Å²) in [5.41, 5.74) is 25.7. The number of nitrogens with zero attached hydrogens (tertiary/aromatic N) is 1. The van der Waals surface area contributed by atoms with E-state index in [0.717, 1.165) is 41.2 Å². The first-order valence-corrected chi connectivity index (χ1v) is 23.4. The van der Waals surface area contributed by atoms with Gasteiger partial charge in [-0.15, -0.1) is 0 Å². The Kier molecular flexibility index (Phi) is 7.82. The fraction of sp³-hybridized carbons (Fsp3) is 0.0938. The molecule has 1 aromatic heterocycles. The fourth-order valence-electron chi connectivity index (χ4n) is 12.5. The van der Waals surface area contributed by atoms with E-state index in [2.05, 4.69) is 231 Å². The van der Waals surface area contributed by atoms with Gasteiger partial charge in [-0.2, -0.15) is 0 Å². The van der Waals surface area contributed by atoms with E-state index < -0.39 is 5.41 Å². The molecule has 312 valence electrons. The normalized spacial score (nSPS) is 14.9. The molecule has 0 bridgehead atoms. The molecule has 0 radical (unpaired) electrons. The zero-order valence-electron chi connectivity index (χ0n) is 37.0. The van der Waals surface area contributed by atoms with Crippen LogP contribution in [0.25, 0.3) is 72.7 Å². The summed E-state index contributed by atoms with van der Waals surface area (Å²) < 4.78 is 7.23. The molecule has 9 aromatic carbocycles. The van der Waals surface area contributed by atoms with E-state index in [9.17, 15) is 0 Å². The third-order valence-corrected chi connectivity index (χ3v) is 15.4. The molecule has 0 saturated heterocycles. The van der Waals surface area contributed by atoms with Crippen LogP contribution in [0.5, 0.6) is 0 Å². The molecule has 0 aliphatic heterocycles. The van der Waals surface area contributed by atoms with Crippen LogP contribution in [0.15, 0.2) is 211 Å². The van der Waals surface area contributed by atoms with Gasteiger partial charge in [0.2, 0.25) is 0 Å². The van der Waals surface area contributed by atoms with Crippen LogP contribution in [-0.2, 0) is 17.3 Å². The number of rotatable bonds is 5. The van der Waals surface area contributed by atoms with Crippen molar-refractivity contribution in [1.29, 1.82) is 0 Å². The van der Waals surface area contributed by atoms with E-state index in [4.69, 9.17) is 4.42 Å². The predicted octanol–water partition coefficient (Wildman–Crippen LogP) is 16.8. The highest BCUT2D eigenvalue weighted by Crippen LogP contribution is 2.64. The summed E-state index contributed by atoms with van der Waals surface area (Å²) in [6, 6.07) is 74.8. The average Bonchev–Trinajstić information content (AvgIpc) is 4.07. The molecule has 1 heterocycles. The summed E-state index contributed by atoms with van der Waals surface area (Å²) in [6.45, 7) is 4.73. The summed E-state index contributed by atoms with van der Waals surface area (Å²) in [6.07, 6.45) is 6.36. The molecule has 0 unspecified atom stereocenters. The Morgan fingerprint density at radius 3 is 1.71 bits per heavy atom. The maximum atomic E-state index is 7.23. The van der Waals surface area contributed by atoms with Gasteiger partial charge in [0.15, 0.2) is 5.58 Å². The molecule has 4 aliphatic carbocycles. The lowest BCUT2D eigenvalue weighted by Gasteiger charge is -2.30. The Balaban J connectivity index is 1.02. The van der Waals surface area contributed by atoms with Crippen LogP contribution in [0.3, 0.4) is 0 Å². The standard InChI is InChI=1S/C64H45NO/c1-63(2)52-25-11-6-19-44(52)47-36-35-43(39-57(47)63)65(42-33-31-41(32-34-42)40-17-4-3-5-18-40)58-38-37-49(61-51-23-10-15-30-59(51)66-62(58)61)48-24-16-29-56-60(48)50-22-9-14-28-55(50)64(56)53-26-12-7-20-45(53)46-21-8-13-27-54(46)64/h3-9,11-22,24-39H,10,23H2,1-2H3. The van der Waals surface area contributed by atoms with E-state index in [-0.39, 0.29) is 5.41 Å². The number of benzene rings is 9. The van der Waals surface area contributed by atoms with Crippen molar-refractivity contribution in [2.75, 3.05) is 4.90 Å². The van der Waals surface area contributed by atoms with Gasteiger partial charge in [0, 0.05) is 27.7 Å². The smallest absolute Gasteiger partial charge is 0.159 e. The van der Waals surface area contributed by atoms with E-state index in [1.807, 2.05) is 0 Å². The predicted molar refractivity (Wildman–Crippen MR) is 273 cm³/mol. The number of hydrogen-bond acceptors (Lipinski definition) is 2. The lowest BCUT2D eigenvalue weighted by atomic mass is 9.70. The van der Waals surface area contributed by atoms with Crippen LogP contribution in [0.4, 0.5) is 17.1 Å². The van der Waals surface area contributed by atoms with Gasteiger partial charge in [-0.05, 0) is 138 Å². The topological polar surface area (TPSA) is 16.4 Å². The average molecular weight is 844 g/mol. The molecule has 66 heavy (non-hydrogen) atoms. The molecule has 0 atom stereocenters. The molecule has 0 fully saturated rings. The summed E-state index contributed by atoms with van der Waals surface area (Å²) in [7, 11) is 0. The van der Waals surface area contributed by atoms with Gasteiger partial charge in [-0.25, -0.2) is 0 Å². The third-order valence-electron chi connectivity index (χ3n) is 15.4. The first kappa shape index (κ1) is 37.4. The van der Waals surface area contributed by atoms with Crippen molar-refractivity contribution in [1.82, 2.24) is 0 Å². The van der Waals surface area contributed by atoms with Gasteiger partial charge in [0.25, 0.3) is 0 Å². The Morgan fingerprint density at radius 1 is 0.439 bits per heavy atom. The molecular formula is C64H45NO. The quantitative estimate of drug-likeness (QED) is 0.172. The first-order valence-electron chi connectivity index (χ1n) is 23.4. The summed E-state index contributed by atoms with van der Waals surface area (Å²) in [5.74, 6) is 0.956. The van der Waals surface area contributed by atoms with E-state index in [1.165, 1.54) is 100.0 Å². The zero-order chi connectivity index (χ0) is 43.7. The Morgan fingerprint density at radius 2 is 0.985 bits per heavy atom. The number of hydrogen-bond donors (Lipinski definition) is 0. The van der Waals surface area contributed by atoms with Gasteiger partial charge < -0.3 is 9.32 Å². The van der Waals surface area contributed by atoms with Crippen molar-refractivity contribution in [2.45, 2.75) is 37.5 Å². The number of anilines is 3. The summed E-state index contributed by atoms with van der Waals surface area (Å²) in [5, 5.41) is 1.20. The second-order valence-corrected chi connectivity index (χ2v) is 19.0. The molecule has 4 aliphatic rings. The molecule has 2 heteroatoms. The summed E-state index contributed by atoms with van der Waals surface area (Å²) in [4.78, 5) is 2.44. The van der Waals surface area contributed by atoms with Gasteiger partial charge in [0.1, 0.15) is 5.76 Å². The number of aryl methyl sites for hydroxylation is 1. The molecule has 0 saturated carbocycles. The van der Waals surface area contributed by atoms with Gasteiger partial charge >= 0.3 is 0 Å². The largest absolute Gasteiger partial charge is 0.454 e. The van der Waals surface area contributed by atoms with Crippen LogP contribution in [0.2, 0.25) is 0 Å².